The Bertz CT molecular complexity index is 582. The first kappa shape index (κ1) is 21.9. The van der Waals surface area contributed by atoms with Crippen molar-refractivity contribution in [2.24, 2.45) is 5.92 Å². The van der Waals surface area contributed by atoms with E-state index in [9.17, 15) is 14.4 Å². The molecule has 0 bridgehead atoms. The van der Waals surface area contributed by atoms with Crippen LogP contribution in [0.4, 0.5) is 5.69 Å². The Hall–Kier alpha value is -2.17. The van der Waals surface area contributed by atoms with Gasteiger partial charge in [-0.05, 0) is 37.5 Å². The van der Waals surface area contributed by atoms with Gasteiger partial charge in [0.2, 0.25) is 12.3 Å². The SMILES string of the molecule is CCCCCCCNC(=O)c1cccc(N(C=O)C(=O)C(CC)CC)c1. The molecule has 5 nitrogen and oxygen atoms in total. The maximum Gasteiger partial charge on any atom is 0.251 e. The zero-order chi connectivity index (χ0) is 19.4. The third-order valence-electron chi connectivity index (χ3n) is 4.63. The number of nitrogens with zero attached hydrogens (tertiary/aromatic N) is 1. The van der Waals surface area contributed by atoms with Gasteiger partial charge >= 0.3 is 0 Å². The first-order valence-electron chi connectivity index (χ1n) is 9.75. The van der Waals surface area contributed by atoms with Gasteiger partial charge in [0, 0.05) is 18.0 Å². The van der Waals surface area contributed by atoms with Crippen molar-refractivity contribution in [1.29, 1.82) is 0 Å². The highest BCUT2D eigenvalue weighted by Gasteiger charge is 2.23. The summed E-state index contributed by atoms with van der Waals surface area (Å²) in [6, 6.07) is 6.67. The highest BCUT2D eigenvalue weighted by Crippen LogP contribution is 2.20. The van der Waals surface area contributed by atoms with Crippen LogP contribution < -0.4 is 10.2 Å². The Morgan fingerprint density at radius 1 is 1.08 bits per heavy atom. The number of hydrogen-bond acceptors (Lipinski definition) is 3. The minimum Gasteiger partial charge on any atom is -0.352 e. The van der Waals surface area contributed by atoms with Crippen LogP contribution in [0.1, 0.15) is 76.1 Å². The van der Waals surface area contributed by atoms with Gasteiger partial charge in [0.25, 0.3) is 5.91 Å². The van der Waals surface area contributed by atoms with Crippen LogP contribution in [0.3, 0.4) is 0 Å². The van der Waals surface area contributed by atoms with Crippen molar-refractivity contribution >= 4 is 23.9 Å². The van der Waals surface area contributed by atoms with Crippen molar-refractivity contribution < 1.29 is 14.4 Å². The third kappa shape index (κ3) is 6.62. The van der Waals surface area contributed by atoms with Gasteiger partial charge in [-0.2, -0.15) is 0 Å². The van der Waals surface area contributed by atoms with E-state index in [1.54, 1.807) is 24.3 Å². The Labute approximate surface area is 157 Å². The number of carbonyl (C=O) groups excluding carboxylic acids is 3. The molecule has 0 spiro atoms. The van der Waals surface area contributed by atoms with Gasteiger partial charge in [0.1, 0.15) is 0 Å². The summed E-state index contributed by atoms with van der Waals surface area (Å²) in [7, 11) is 0. The molecule has 0 atom stereocenters. The lowest BCUT2D eigenvalue weighted by Gasteiger charge is -2.21. The summed E-state index contributed by atoms with van der Waals surface area (Å²) in [6.07, 6.45) is 7.57. The maximum absolute atomic E-state index is 12.5. The molecule has 0 unspecified atom stereocenters. The first-order valence-corrected chi connectivity index (χ1v) is 9.75. The average Bonchev–Trinajstić information content (AvgIpc) is 2.66. The van der Waals surface area contributed by atoms with Crippen LogP contribution in [-0.2, 0) is 9.59 Å². The predicted octanol–water partition coefficient (Wildman–Crippen LogP) is 4.31. The molecular formula is C21H32N2O3. The molecule has 1 aromatic carbocycles. The van der Waals surface area contributed by atoms with E-state index in [2.05, 4.69) is 12.2 Å². The molecular weight excluding hydrogens is 328 g/mol. The lowest BCUT2D eigenvalue weighted by Crippen LogP contribution is -2.35. The van der Waals surface area contributed by atoms with Crippen molar-refractivity contribution in [2.75, 3.05) is 11.4 Å². The summed E-state index contributed by atoms with van der Waals surface area (Å²) in [4.78, 5) is 37.4. The van der Waals surface area contributed by atoms with Gasteiger partial charge < -0.3 is 5.32 Å². The van der Waals surface area contributed by atoms with E-state index in [0.29, 0.717) is 37.0 Å². The summed E-state index contributed by atoms with van der Waals surface area (Å²) in [5, 5.41) is 2.90. The van der Waals surface area contributed by atoms with Crippen molar-refractivity contribution in [3.8, 4) is 0 Å². The van der Waals surface area contributed by atoms with Crippen molar-refractivity contribution in [2.45, 2.75) is 65.7 Å². The molecule has 3 amide bonds. The molecule has 0 fully saturated rings. The second-order valence-electron chi connectivity index (χ2n) is 6.55. The zero-order valence-corrected chi connectivity index (χ0v) is 16.3. The fourth-order valence-corrected chi connectivity index (χ4v) is 2.90. The summed E-state index contributed by atoms with van der Waals surface area (Å²) in [6.45, 7) is 6.67. The van der Waals surface area contributed by atoms with E-state index in [1.165, 1.54) is 19.3 Å². The number of benzene rings is 1. The third-order valence-corrected chi connectivity index (χ3v) is 4.63. The van der Waals surface area contributed by atoms with E-state index in [-0.39, 0.29) is 17.7 Å². The maximum atomic E-state index is 12.5. The topological polar surface area (TPSA) is 66.5 Å². The molecule has 0 radical (unpaired) electrons. The Morgan fingerprint density at radius 2 is 1.77 bits per heavy atom. The normalized spacial score (nSPS) is 10.6. The zero-order valence-electron chi connectivity index (χ0n) is 16.3. The molecule has 1 aromatic rings. The summed E-state index contributed by atoms with van der Waals surface area (Å²) in [5.74, 6) is -0.595. The molecule has 26 heavy (non-hydrogen) atoms. The lowest BCUT2D eigenvalue weighted by molar-refractivity contribution is -0.125. The molecule has 0 aromatic heterocycles. The minimum absolute atomic E-state index is 0.178. The van der Waals surface area contributed by atoms with Crippen LogP contribution in [0, 0.1) is 5.92 Å². The van der Waals surface area contributed by atoms with Gasteiger partial charge in [-0.25, -0.2) is 0 Å². The van der Waals surface area contributed by atoms with Gasteiger partial charge in [-0.15, -0.1) is 0 Å². The van der Waals surface area contributed by atoms with E-state index in [1.807, 2.05) is 13.8 Å². The molecule has 0 heterocycles. The van der Waals surface area contributed by atoms with Gasteiger partial charge in [-0.3, -0.25) is 19.3 Å². The van der Waals surface area contributed by atoms with E-state index < -0.39 is 0 Å². The minimum atomic E-state index is -0.224. The van der Waals surface area contributed by atoms with Crippen molar-refractivity contribution in [3.05, 3.63) is 29.8 Å². The van der Waals surface area contributed by atoms with Gasteiger partial charge in [0.15, 0.2) is 0 Å². The number of amides is 3. The van der Waals surface area contributed by atoms with E-state index >= 15 is 0 Å². The van der Waals surface area contributed by atoms with Crippen LogP contribution in [0.15, 0.2) is 24.3 Å². The van der Waals surface area contributed by atoms with Gasteiger partial charge in [0.05, 0.1) is 5.69 Å². The van der Waals surface area contributed by atoms with Crippen LogP contribution in [0.5, 0.6) is 0 Å². The first-order chi connectivity index (χ1) is 12.6. The Balaban J connectivity index is 2.72. The smallest absolute Gasteiger partial charge is 0.251 e. The van der Waals surface area contributed by atoms with Crippen LogP contribution in [-0.4, -0.2) is 24.8 Å². The monoisotopic (exact) mass is 360 g/mol. The van der Waals surface area contributed by atoms with Crippen molar-refractivity contribution in [1.82, 2.24) is 5.32 Å². The molecule has 0 aliphatic heterocycles. The molecule has 0 aliphatic rings. The van der Waals surface area contributed by atoms with Crippen LogP contribution in [0.25, 0.3) is 0 Å². The second kappa shape index (κ2) is 12.2. The van der Waals surface area contributed by atoms with Crippen LogP contribution in [0.2, 0.25) is 0 Å². The predicted molar refractivity (Wildman–Crippen MR) is 105 cm³/mol. The number of imide groups is 1. The number of anilines is 1. The molecule has 1 rings (SSSR count). The number of hydrogen-bond donors (Lipinski definition) is 1. The molecule has 0 saturated carbocycles. The summed E-state index contributed by atoms with van der Waals surface area (Å²) < 4.78 is 0. The van der Waals surface area contributed by atoms with Gasteiger partial charge in [-0.1, -0.05) is 52.5 Å². The Kier molecular flexibility index (Phi) is 10.3. The summed E-state index contributed by atoms with van der Waals surface area (Å²) >= 11 is 0. The molecule has 144 valence electrons. The molecule has 1 N–H and O–H groups in total. The van der Waals surface area contributed by atoms with Crippen molar-refractivity contribution in [3.63, 3.8) is 0 Å². The fourth-order valence-electron chi connectivity index (χ4n) is 2.90. The average molecular weight is 360 g/mol. The van der Waals surface area contributed by atoms with E-state index in [4.69, 9.17) is 0 Å². The van der Waals surface area contributed by atoms with E-state index in [0.717, 1.165) is 17.7 Å². The Morgan fingerprint density at radius 3 is 2.38 bits per heavy atom. The second-order valence-corrected chi connectivity index (χ2v) is 6.55. The largest absolute Gasteiger partial charge is 0.352 e. The lowest BCUT2D eigenvalue weighted by atomic mass is 10.0. The number of nitrogens with one attached hydrogen (secondary N) is 1. The number of unbranched alkanes of at least 4 members (excludes halogenated alkanes) is 4. The highest BCUT2D eigenvalue weighted by molar-refractivity contribution is 6.08. The van der Waals surface area contributed by atoms with Crippen LogP contribution >= 0.6 is 0 Å². The molecule has 0 aliphatic carbocycles. The standard InChI is InChI=1S/C21H32N2O3/c1-4-7-8-9-10-14-22-20(25)18-12-11-13-19(15-18)23(16-24)21(26)17(5-2)6-3/h11-13,15-17H,4-10,14H2,1-3H3,(H,22,25). The summed E-state index contributed by atoms with van der Waals surface area (Å²) in [5.41, 5.74) is 0.896. The number of rotatable bonds is 12. The highest BCUT2D eigenvalue weighted by atomic mass is 16.2. The quantitative estimate of drug-likeness (QED) is 0.446. The molecule has 0 saturated heterocycles. The molecule has 5 heteroatoms. The number of carbonyl (C=O) groups is 3. The fraction of sp³-hybridized carbons (Fsp3) is 0.571.